The first-order valence-electron chi connectivity index (χ1n) is 7.11. The quantitative estimate of drug-likeness (QED) is 0.820. The van der Waals surface area contributed by atoms with Gasteiger partial charge in [0.15, 0.2) is 0 Å². The number of nitrogens with one attached hydrogen (secondary N) is 1. The lowest BCUT2D eigenvalue weighted by Gasteiger charge is -2.24. The number of hydrogen-bond acceptors (Lipinski definition) is 2. The fraction of sp³-hybridized carbons (Fsp3) is 0.500. The Hall–Kier alpha value is -1.35. The highest BCUT2D eigenvalue weighted by Gasteiger charge is 2.23. The van der Waals surface area contributed by atoms with Crippen molar-refractivity contribution in [2.45, 2.75) is 39.7 Å². The maximum atomic E-state index is 13.2. The summed E-state index contributed by atoms with van der Waals surface area (Å²) in [7, 11) is 0. The molecular weight excluding hydrogens is 241 g/mol. The summed E-state index contributed by atoms with van der Waals surface area (Å²) >= 11 is 0. The Kier molecular flexibility index (Phi) is 4.59. The van der Waals surface area contributed by atoms with Gasteiger partial charge in [-0.1, -0.05) is 33.6 Å². The van der Waals surface area contributed by atoms with Crippen molar-refractivity contribution in [2.75, 3.05) is 6.54 Å². The number of benzene rings is 1. The summed E-state index contributed by atoms with van der Waals surface area (Å²) in [6.07, 6.45) is 2.19. The Bertz CT molecular complexity index is 531. The summed E-state index contributed by atoms with van der Waals surface area (Å²) in [6.45, 7) is 7.38. The van der Waals surface area contributed by atoms with E-state index in [9.17, 15) is 4.39 Å². The molecule has 1 aromatic heterocycles. The zero-order chi connectivity index (χ0) is 13.8. The van der Waals surface area contributed by atoms with Crippen LogP contribution in [0.2, 0.25) is 0 Å². The van der Waals surface area contributed by atoms with E-state index in [1.54, 1.807) is 6.07 Å². The fourth-order valence-corrected chi connectivity index (χ4v) is 2.67. The molecule has 1 atom stereocenters. The number of rotatable bonds is 6. The normalized spacial score (nSPS) is 13.3. The van der Waals surface area contributed by atoms with Crippen LogP contribution in [0.25, 0.3) is 11.0 Å². The van der Waals surface area contributed by atoms with Crippen LogP contribution >= 0.6 is 0 Å². The van der Waals surface area contributed by atoms with Gasteiger partial charge in [-0.2, -0.15) is 0 Å². The van der Waals surface area contributed by atoms with E-state index >= 15 is 0 Å². The first-order chi connectivity index (χ1) is 9.19. The van der Waals surface area contributed by atoms with Crippen LogP contribution in [0.3, 0.4) is 0 Å². The van der Waals surface area contributed by atoms with E-state index in [4.69, 9.17) is 4.42 Å². The van der Waals surface area contributed by atoms with E-state index in [-0.39, 0.29) is 11.9 Å². The highest BCUT2D eigenvalue weighted by Crippen LogP contribution is 2.31. The number of fused-ring (bicyclic) bond motifs is 1. The van der Waals surface area contributed by atoms with Gasteiger partial charge in [-0.05, 0) is 36.7 Å². The summed E-state index contributed by atoms with van der Waals surface area (Å²) in [6, 6.07) is 6.83. The Morgan fingerprint density at radius 1 is 1.16 bits per heavy atom. The van der Waals surface area contributed by atoms with E-state index in [0.717, 1.165) is 36.1 Å². The van der Waals surface area contributed by atoms with Crippen molar-refractivity contribution in [3.05, 3.63) is 35.8 Å². The molecular formula is C16H22FNO. The van der Waals surface area contributed by atoms with Crippen LogP contribution < -0.4 is 5.32 Å². The Morgan fingerprint density at radius 2 is 1.89 bits per heavy atom. The van der Waals surface area contributed by atoms with E-state index in [1.807, 2.05) is 6.07 Å². The zero-order valence-corrected chi connectivity index (χ0v) is 11.9. The molecule has 19 heavy (non-hydrogen) atoms. The van der Waals surface area contributed by atoms with Gasteiger partial charge < -0.3 is 9.73 Å². The second-order valence-electron chi connectivity index (χ2n) is 4.94. The molecule has 0 saturated heterocycles. The van der Waals surface area contributed by atoms with Gasteiger partial charge in [-0.3, -0.25) is 0 Å². The molecule has 0 aliphatic heterocycles. The van der Waals surface area contributed by atoms with E-state index in [1.165, 1.54) is 12.1 Å². The molecule has 2 aromatic rings. The number of halogens is 1. The minimum absolute atomic E-state index is 0.204. The Balaban J connectivity index is 2.38. The summed E-state index contributed by atoms with van der Waals surface area (Å²) in [5.41, 5.74) is 0.755. The summed E-state index contributed by atoms with van der Waals surface area (Å²) in [4.78, 5) is 0. The lowest BCUT2D eigenvalue weighted by atomic mass is 9.92. The second-order valence-corrected chi connectivity index (χ2v) is 4.94. The topological polar surface area (TPSA) is 25.2 Å². The zero-order valence-electron chi connectivity index (χ0n) is 11.9. The average molecular weight is 263 g/mol. The number of furan rings is 1. The van der Waals surface area contributed by atoms with Gasteiger partial charge in [0.1, 0.15) is 17.2 Å². The number of hydrogen-bond donors (Lipinski definition) is 1. The third kappa shape index (κ3) is 2.98. The third-order valence-corrected chi connectivity index (χ3v) is 3.75. The molecule has 0 spiro atoms. The molecule has 104 valence electrons. The molecule has 0 aliphatic rings. The van der Waals surface area contributed by atoms with E-state index in [2.05, 4.69) is 26.1 Å². The predicted octanol–water partition coefficient (Wildman–Crippen LogP) is 4.66. The molecule has 0 bridgehead atoms. The smallest absolute Gasteiger partial charge is 0.134 e. The standard InChI is InChI=1S/C16H22FNO/c1-4-11(5-2)16(18-6-3)15-10-12-9-13(17)7-8-14(12)19-15/h7-11,16,18H,4-6H2,1-3H3. The van der Waals surface area contributed by atoms with Crippen LogP contribution in [0.4, 0.5) is 4.39 Å². The van der Waals surface area contributed by atoms with Gasteiger partial charge in [-0.15, -0.1) is 0 Å². The molecule has 3 heteroatoms. The fourth-order valence-electron chi connectivity index (χ4n) is 2.67. The molecule has 1 aromatic carbocycles. The summed E-state index contributed by atoms with van der Waals surface area (Å²) < 4.78 is 19.1. The van der Waals surface area contributed by atoms with E-state index in [0.29, 0.717) is 5.92 Å². The lowest BCUT2D eigenvalue weighted by Crippen LogP contribution is -2.27. The lowest BCUT2D eigenvalue weighted by molar-refractivity contribution is 0.304. The average Bonchev–Trinajstić information content (AvgIpc) is 2.81. The monoisotopic (exact) mass is 263 g/mol. The molecule has 0 saturated carbocycles. The van der Waals surface area contributed by atoms with Gasteiger partial charge in [0, 0.05) is 5.39 Å². The van der Waals surface area contributed by atoms with Gasteiger partial charge in [0.2, 0.25) is 0 Å². The molecule has 0 amide bonds. The van der Waals surface area contributed by atoms with Crippen molar-refractivity contribution in [1.29, 1.82) is 0 Å². The first kappa shape index (κ1) is 14.1. The molecule has 0 radical (unpaired) electrons. The third-order valence-electron chi connectivity index (χ3n) is 3.75. The van der Waals surface area contributed by atoms with Crippen LogP contribution in [0.15, 0.2) is 28.7 Å². The molecule has 2 nitrogen and oxygen atoms in total. The molecule has 1 heterocycles. The maximum Gasteiger partial charge on any atom is 0.134 e. The van der Waals surface area contributed by atoms with Crippen molar-refractivity contribution in [3.8, 4) is 0 Å². The van der Waals surface area contributed by atoms with Crippen molar-refractivity contribution < 1.29 is 8.81 Å². The van der Waals surface area contributed by atoms with Crippen molar-refractivity contribution >= 4 is 11.0 Å². The molecule has 0 aliphatic carbocycles. The molecule has 0 fully saturated rings. The van der Waals surface area contributed by atoms with Crippen LogP contribution in [-0.4, -0.2) is 6.54 Å². The minimum atomic E-state index is -0.220. The van der Waals surface area contributed by atoms with Gasteiger partial charge in [0.05, 0.1) is 6.04 Å². The molecule has 2 rings (SSSR count). The van der Waals surface area contributed by atoms with E-state index < -0.39 is 0 Å². The Morgan fingerprint density at radius 3 is 2.53 bits per heavy atom. The highest BCUT2D eigenvalue weighted by atomic mass is 19.1. The molecule has 1 unspecified atom stereocenters. The SMILES string of the molecule is CCNC(c1cc2cc(F)ccc2o1)C(CC)CC. The van der Waals surface area contributed by atoms with Crippen LogP contribution in [0.5, 0.6) is 0 Å². The van der Waals surface area contributed by atoms with Crippen molar-refractivity contribution in [2.24, 2.45) is 5.92 Å². The van der Waals surface area contributed by atoms with Crippen LogP contribution in [0.1, 0.15) is 45.4 Å². The van der Waals surface area contributed by atoms with Gasteiger partial charge in [-0.25, -0.2) is 4.39 Å². The van der Waals surface area contributed by atoms with Gasteiger partial charge in [0.25, 0.3) is 0 Å². The Labute approximate surface area is 114 Å². The van der Waals surface area contributed by atoms with Crippen LogP contribution in [-0.2, 0) is 0 Å². The maximum absolute atomic E-state index is 13.2. The highest BCUT2D eigenvalue weighted by molar-refractivity contribution is 5.78. The predicted molar refractivity (Wildman–Crippen MR) is 76.7 cm³/mol. The largest absolute Gasteiger partial charge is 0.459 e. The second kappa shape index (κ2) is 6.20. The summed E-state index contributed by atoms with van der Waals surface area (Å²) in [5.74, 6) is 1.23. The minimum Gasteiger partial charge on any atom is -0.459 e. The van der Waals surface area contributed by atoms with Crippen LogP contribution in [0, 0.1) is 11.7 Å². The van der Waals surface area contributed by atoms with Crippen molar-refractivity contribution in [3.63, 3.8) is 0 Å². The van der Waals surface area contributed by atoms with Crippen molar-refractivity contribution in [1.82, 2.24) is 5.32 Å². The molecule has 1 N–H and O–H groups in total. The summed E-state index contributed by atoms with van der Waals surface area (Å²) in [5, 5.41) is 4.33. The first-order valence-corrected chi connectivity index (χ1v) is 7.11. The van der Waals surface area contributed by atoms with Gasteiger partial charge >= 0.3 is 0 Å².